The fourth-order valence-corrected chi connectivity index (χ4v) is 3.97. The summed E-state index contributed by atoms with van der Waals surface area (Å²) in [6.07, 6.45) is 3.11. The number of hydrogen-bond donors (Lipinski definition) is 2. The molecule has 0 aliphatic rings. The Labute approximate surface area is 111 Å². The van der Waals surface area contributed by atoms with Crippen molar-refractivity contribution in [3.05, 3.63) is 11.6 Å². The highest BCUT2D eigenvalue weighted by Gasteiger charge is 2.23. The maximum atomic E-state index is 12.1. The van der Waals surface area contributed by atoms with Gasteiger partial charge in [-0.2, -0.15) is 0 Å². The Balaban J connectivity index is 2.31. The molecule has 0 bridgehead atoms. The summed E-state index contributed by atoms with van der Waals surface area (Å²) in [6.45, 7) is 0.0995. The molecule has 1 unspecified atom stereocenters. The van der Waals surface area contributed by atoms with Crippen molar-refractivity contribution in [1.29, 1.82) is 0 Å². The largest absolute Gasteiger partial charge is 0.381 e. The van der Waals surface area contributed by atoms with E-state index in [-0.39, 0.29) is 23.1 Å². The van der Waals surface area contributed by atoms with Gasteiger partial charge in [0.1, 0.15) is 0 Å². The summed E-state index contributed by atoms with van der Waals surface area (Å²) >= 11 is 1.30. The summed E-state index contributed by atoms with van der Waals surface area (Å²) in [6, 6.07) is 0. The summed E-state index contributed by atoms with van der Waals surface area (Å²) in [5.41, 5.74) is 5.61. The van der Waals surface area contributed by atoms with Crippen LogP contribution in [0.15, 0.2) is 16.6 Å². The highest BCUT2D eigenvalue weighted by molar-refractivity contribution is 7.89. The number of anilines is 1. The lowest BCUT2D eigenvalue weighted by Crippen LogP contribution is -2.29. The summed E-state index contributed by atoms with van der Waals surface area (Å²) in [4.78, 5) is 4.48. The topological polar surface area (TPSA) is 107 Å². The van der Waals surface area contributed by atoms with Crippen LogP contribution in [0.4, 0.5) is 5.82 Å². The molecule has 2 rings (SSSR count). The first-order valence-electron chi connectivity index (χ1n) is 4.92. The van der Waals surface area contributed by atoms with Gasteiger partial charge in [-0.25, -0.2) is 18.1 Å². The van der Waals surface area contributed by atoms with E-state index < -0.39 is 20.8 Å². The van der Waals surface area contributed by atoms with Crippen molar-refractivity contribution in [2.45, 2.75) is 5.03 Å². The molecule has 0 radical (unpaired) electrons. The number of nitrogens with one attached hydrogen (secondary N) is 1. The monoisotopic (exact) mass is 308 g/mol. The number of nitrogen functional groups attached to an aromatic ring is 1. The van der Waals surface area contributed by atoms with Crippen molar-refractivity contribution in [1.82, 2.24) is 14.1 Å². The molecule has 7 nitrogen and oxygen atoms in total. The summed E-state index contributed by atoms with van der Waals surface area (Å²) in [5, 5.41) is 1.66. The molecule has 0 spiro atoms. The van der Waals surface area contributed by atoms with Crippen LogP contribution in [0.25, 0.3) is 4.96 Å². The molecule has 0 fully saturated rings. The number of aromatic nitrogens is 2. The first kappa shape index (κ1) is 13.5. The molecule has 2 heterocycles. The fraction of sp³-hybridized carbons (Fsp3) is 0.375. The van der Waals surface area contributed by atoms with Crippen LogP contribution in [-0.2, 0) is 20.8 Å². The van der Waals surface area contributed by atoms with Gasteiger partial charge in [0, 0.05) is 40.9 Å². The van der Waals surface area contributed by atoms with Gasteiger partial charge >= 0.3 is 0 Å². The Morgan fingerprint density at radius 1 is 1.61 bits per heavy atom. The van der Waals surface area contributed by atoms with Crippen LogP contribution in [0.1, 0.15) is 0 Å². The van der Waals surface area contributed by atoms with Crippen LogP contribution in [0.3, 0.4) is 0 Å². The SMILES string of the molecule is CS(=O)CCNS(=O)(=O)c1c(N)nc2sccn12. The minimum absolute atomic E-state index is 0.0352. The zero-order valence-electron chi connectivity index (χ0n) is 9.49. The van der Waals surface area contributed by atoms with E-state index >= 15 is 0 Å². The lowest BCUT2D eigenvalue weighted by Gasteiger charge is -2.05. The molecule has 0 aliphatic carbocycles. The number of nitrogens with zero attached hydrogens (tertiary/aromatic N) is 2. The van der Waals surface area contributed by atoms with Crippen LogP contribution >= 0.6 is 11.3 Å². The lowest BCUT2D eigenvalue weighted by molar-refractivity contribution is 0.579. The van der Waals surface area contributed by atoms with E-state index in [2.05, 4.69) is 9.71 Å². The van der Waals surface area contributed by atoms with Gasteiger partial charge in [-0.1, -0.05) is 0 Å². The molecule has 2 aromatic rings. The maximum Gasteiger partial charge on any atom is 0.260 e. The normalized spacial score (nSPS) is 14.1. The number of imidazole rings is 1. The van der Waals surface area contributed by atoms with Gasteiger partial charge in [0.15, 0.2) is 15.8 Å². The smallest absolute Gasteiger partial charge is 0.260 e. The third-order valence-electron chi connectivity index (χ3n) is 2.18. The van der Waals surface area contributed by atoms with E-state index in [0.29, 0.717) is 4.96 Å². The fourth-order valence-electron chi connectivity index (χ4n) is 1.44. The Hall–Kier alpha value is -0.970. The Kier molecular flexibility index (Phi) is 3.71. The standard InChI is InChI=1S/C8H12N4O3S3/c1-17(13)5-2-10-18(14,15)7-6(9)11-8-12(7)3-4-16-8/h3-4,10H,2,5,9H2,1H3. The molecule has 0 saturated carbocycles. The average Bonchev–Trinajstić information content (AvgIpc) is 2.74. The second-order valence-corrected chi connectivity index (χ2v) is 7.64. The molecule has 18 heavy (non-hydrogen) atoms. The minimum atomic E-state index is -3.74. The second kappa shape index (κ2) is 4.96. The number of sulfonamides is 1. The zero-order valence-corrected chi connectivity index (χ0v) is 11.9. The molecule has 100 valence electrons. The van der Waals surface area contributed by atoms with E-state index in [9.17, 15) is 12.6 Å². The second-order valence-electron chi connectivity index (χ2n) is 3.53. The van der Waals surface area contributed by atoms with Crippen molar-refractivity contribution in [2.75, 3.05) is 24.3 Å². The molecular formula is C8H12N4O3S3. The van der Waals surface area contributed by atoms with Gasteiger partial charge in [-0.15, -0.1) is 11.3 Å². The van der Waals surface area contributed by atoms with Crippen molar-refractivity contribution >= 4 is 42.9 Å². The van der Waals surface area contributed by atoms with Crippen LogP contribution in [0, 0.1) is 0 Å². The van der Waals surface area contributed by atoms with Gasteiger partial charge in [0.2, 0.25) is 0 Å². The summed E-state index contributed by atoms with van der Waals surface area (Å²) in [5.74, 6) is 0.219. The van der Waals surface area contributed by atoms with E-state index in [1.807, 2.05) is 0 Å². The lowest BCUT2D eigenvalue weighted by atomic mass is 10.8. The highest BCUT2D eigenvalue weighted by atomic mass is 32.2. The predicted octanol–water partition coefficient (Wildman–Crippen LogP) is -0.365. The van der Waals surface area contributed by atoms with Crippen molar-refractivity contribution in [3.63, 3.8) is 0 Å². The van der Waals surface area contributed by atoms with Crippen molar-refractivity contribution < 1.29 is 12.6 Å². The van der Waals surface area contributed by atoms with Crippen LogP contribution in [0.5, 0.6) is 0 Å². The molecule has 0 aliphatic heterocycles. The summed E-state index contributed by atoms with van der Waals surface area (Å²) < 4.78 is 38.8. The zero-order chi connectivity index (χ0) is 13.3. The molecule has 0 saturated heterocycles. The third kappa shape index (κ3) is 2.55. The van der Waals surface area contributed by atoms with Gasteiger partial charge in [0.25, 0.3) is 10.0 Å². The Bertz CT molecular complexity index is 688. The molecular weight excluding hydrogens is 296 g/mol. The minimum Gasteiger partial charge on any atom is -0.381 e. The molecule has 0 amide bonds. The molecule has 3 N–H and O–H groups in total. The maximum absolute atomic E-state index is 12.1. The Morgan fingerprint density at radius 2 is 2.33 bits per heavy atom. The predicted molar refractivity (Wildman–Crippen MR) is 71.6 cm³/mol. The van der Waals surface area contributed by atoms with Crippen molar-refractivity contribution in [2.24, 2.45) is 0 Å². The number of rotatable bonds is 5. The van der Waals surface area contributed by atoms with E-state index in [0.717, 1.165) is 0 Å². The van der Waals surface area contributed by atoms with Crippen LogP contribution in [-0.4, -0.2) is 40.6 Å². The van der Waals surface area contributed by atoms with Gasteiger partial charge < -0.3 is 5.73 Å². The van der Waals surface area contributed by atoms with Gasteiger partial charge in [-0.3, -0.25) is 8.61 Å². The molecule has 10 heteroatoms. The van der Waals surface area contributed by atoms with Crippen LogP contribution in [0.2, 0.25) is 0 Å². The number of thiazole rings is 1. The highest BCUT2D eigenvalue weighted by Crippen LogP contribution is 2.22. The summed E-state index contributed by atoms with van der Waals surface area (Å²) in [7, 11) is -4.79. The number of nitrogens with two attached hydrogens (primary N) is 1. The quantitative estimate of drug-likeness (QED) is 0.784. The van der Waals surface area contributed by atoms with Gasteiger partial charge in [0.05, 0.1) is 0 Å². The third-order valence-corrected chi connectivity index (χ3v) is 5.21. The van der Waals surface area contributed by atoms with E-state index in [1.54, 1.807) is 11.6 Å². The number of fused-ring (bicyclic) bond motifs is 1. The van der Waals surface area contributed by atoms with E-state index in [1.165, 1.54) is 22.0 Å². The van der Waals surface area contributed by atoms with Crippen LogP contribution < -0.4 is 10.5 Å². The molecule has 0 aromatic carbocycles. The first-order chi connectivity index (χ1) is 8.42. The Morgan fingerprint density at radius 3 is 3.00 bits per heavy atom. The molecule has 2 aromatic heterocycles. The number of hydrogen-bond acceptors (Lipinski definition) is 6. The van der Waals surface area contributed by atoms with E-state index in [4.69, 9.17) is 5.73 Å². The average molecular weight is 308 g/mol. The first-order valence-corrected chi connectivity index (χ1v) is 9.01. The van der Waals surface area contributed by atoms with Gasteiger partial charge in [-0.05, 0) is 0 Å². The van der Waals surface area contributed by atoms with Crippen molar-refractivity contribution in [3.8, 4) is 0 Å². The molecule has 1 atom stereocenters.